The minimum Gasteiger partial charge on any atom is -0.481 e. The maximum atomic E-state index is 17.3. The summed E-state index contributed by atoms with van der Waals surface area (Å²) in [4.78, 5) is 38.1. The van der Waals surface area contributed by atoms with Crippen LogP contribution in [0.25, 0.3) is 0 Å². The summed E-state index contributed by atoms with van der Waals surface area (Å²) in [5, 5.41) is 19.9. The van der Waals surface area contributed by atoms with Crippen LogP contribution >= 0.6 is 0 Å². The number of aliphatic hydroxyl groups excluding tert-OH is 1. The Bertz CT molecular complexity index is 1180. The summed E-state index contributed by atoms with van der Waals surface area (Å²) in [6.07, 6.45) is 0.679. The first kappa shape index (κ1) is 25.3. The number of aliphatic hydroxyl groups is 1. The van der Waals surface area contributed by atoms with E-state index in [9.17, 15) is 24.6 Å². The predicted molar refractivity (Wildman–Crippen MR) is 126 cm³/mol. The maximum Gasteiger partial charge on any atom is 0.312 e. The first-order valence-electron chi connectivity index (χ1n) is 13.2. The summed E-state index contributed by atoms with van der Waals surface area (Å²) in [6.45, 7) is 6.92. The van der Waals surface area contributed by atoms with Crippen molar-refractivity contribution in [3.63, 3.8) is 0 Å². The van der Waals surface area contributed by atoms with Crippen LogP contribution in [-0.2, 0) is 23.9 Å². The van der Waals surface area contributed by atoms with Crippen molar-refractivity contribution in [3.8, 4) is 0 Å². The topological polar surface area (TPSA) is 110 Å². The van der Waals surface area contributed by atoms with Gasteiger partial charge >= 0.3 is 5.97 Å². The van der Waals surface area contributed by atoms with E-state index >= 15 is 8.78 Å². The average Bonchev–Trinajstić information content (AvgIpc) is 3.27. The van der Waals surface area contributed by atoms with Crippen LogP contribution in [0.3, 0.4) is 0 Å². The molecule has 202 valence electrons. The Morgan fingerprint density at radius 1 is 1.14 bits per heavy atom. The van der Waals surface area contributed by atoms with Gasteiger partial charge in [0, 0.05) is 23.2 Å². The SMILES string of the molecule is CC1(C)OC2CC3C4C[C@H](F)C5=CC(=O)C=C[C@]5(C)C4(F)CC[C@]3(C)[C@]2(C(=O)CC2(C(=O)O)CC2O)O1. The summed E-state index contributed by atoms with van der Waals surface area (Å²) in [5.74, 6) is -4.39. The Kier molecular flexibility index (Phi) is 4.90. The molecule has 1 saturated heterocycles. The Morgan fingerprint density at radius 3 is 2.43 bits per heavy atom. The molecular weight excluding hydrogens is 486 g/mol. The van der Waals surface area contributed by atoms with Gasteiger partial charge in [0.15, 0.2) is 23.0 Å². The van der Waals surface area contributed by atoms with Gasteiger partial charge in [-0.3, -0.25) is 14.4 Å². The highest BCUT2D eigenvalue weighted by atomic mass is 19.1. The molecule has 1 aliphatic heterocycles. The smallest absolute Gasteiger partial charge is 0.312 e. The molecule has 5 fully saturated rings. The van der Waals surface area contributed by atoms with Crippen molar-refractivity contribution < 1.29 is 42.9 Å². The zero-order valence-electron chi connectivity index (χ0n) is 21.6. The number of carbonyl (C=O) groups is 3. The molecule has 6 aliphatic rings. The highest BCUT2D eigenvalue weighted by molar-refractivity contribution is 6.01. The molecule has 6 unspecified atom stereocenters. The van der Waals surface area contributed by atoms with E-state index < -0.39 is 81.7 Å². The van der Waals surface area contributed by atoms with Crippen LogP contribution in [0.5, 0.6) is 0 Å². The molecule has 10 atom stereocenters. The third-order valence-electron chi connectivity index (χ3n) is 11.0. The van der Waals surface area contributed by atoms with Crippen LogP contribution in [0.1, 0.15) is 66.2 Å². The molecule has 0 spiro atoms. The van der Waals surface area contributed by atoms with Gasteiger partial charge in [0.05, 0.1) is 12.2 Å². The lowest BCUT2D eigenvalue weighted by molar-refractivity contribution is -0.226. The highest BCUT2D eigenvalue weighted by Crippen LogP contribution is 2.73. The van der Waals surface area contributed by atoms with Crippen molar-refractivity contribution in [2.45, 2.75) is 102 Å². The second-order valence-corrected chi connectivity index (χ2v) is 13.1. The van der Waals surface area contributed by atoms with Gasteiger partial charge in [0.2, 0.25) is 0 Å². The van der Waals surface area contributed by atoms with Gasteiger partial charge in [-0.2, -0.15) is 0 Å². The predicted octanol–water partition coefficient (Wildman–Crippen LogP) is 3.63. The maximum absolute atomic E-state index is 17.3. The largest absolute Gasteiger partial charge is 0.481 e. The molecule has 4 saturated carbocycles. The van der Waals surface area contributed by atoms with Crippen LogP contribution in [-0.4, -0.2) is 63.2 Å². The Hall–Kier alpha value is -1.97. The van der Waals surface area contributed by atoms with E-state index in [4.69, 9.17) is 9.47 Å². The quantitative estimate of drug-likeness (QED) is 0.583. The fraction of sp³-hybridized carbons (Fsp3) is 0.750. The average molecular weight is 521 g/mol. The molecule has 0 aromatic heterocycles. The first-order chi connectivity index (χ1) is 17.1. The number of halogens is 2. The number of hydrogen-bond acceptors (Lipinski definition) is 6. The van der Waals surface area contributed by atoms with Crippen molar-refractivity contribution in [1.82, 2.24) is 0 Å². The van der Waals surface area contributed by atoms with E-state index in [-0.39, 0.29) is 43.5 Å². The zero-order valence-corrected chi connectivity index (χ0v) is 21.6. The summed E-state index contributed by atoms with van der Waals surface area (Å²) >= 11 is 0. The molecule has 37 heavy (non-hydrogen) atoms. The summed E-state index contributed by atoms with van der Waals surface area (Å²) in [5.41, 5.74) is -6.98. The molecule has 1 heterocycles. The van der Waals surface area contributed by atoms with E-state index in [1.807, 2.05) is 6.92 Å². The van der Waals surface area contributed by atoms with Gasteiger partial charge in [0.1, 0.15) is 17.3 Å². The first-order valence-corrected chi connectivity index (χ1v) is 13.2. The molecular formula is C28H34F2O7. The van der Waals surface area contributed by atoms with Crippen molar-refractivity contribution >= 4 is 17.5 Å². The lowest BCUT2D eigenvalue weighted by atomic mass is 9.45. The summed E-state index contributed by atoms with van der Waals surface area (Å²) in [6, 6.07) is 0. The van der Waals surface area contributed by atoms with Gasteiger partial charge in [-0.15, -0.1) is 0 Å². The van der Waals surface area contributed by atoms with E-state index in [1.54, 1.807) is 20.8 Å². The van der Waals surface area contributed by atoms with E-state index in [0.29, 0.717) is 0 Å². The number of carboxylic acid groups (broad SMARTS) is 1. The van der Waals surface area contributed by atoms with Gasteiger partial charge < -0.3 is 19.7 Å². The molecule has 0 amide bonds. The molecule has 0 radical (unpaired) electrons. The highest BCUT2D eigenvalue weighted by Gasteiger charge is 2.79. The van der Waals surface area contributed by atoms with Crippen molar-refractivity contribution in [2.24, 2.45) is 28.1 Å². The normalized spacial score (nSPS) is 53.0. The van der Waals surface area contributed by atoms with Crippen LogP contribution in [0.15, 0.2) is 23.8 Å². The van der Waals surface area contributed by atoms with Gasteiger partial charge in [-0.25, -0.2) is 8.78 Å². The number of hydrogen-bond donors (Lipinski definition) is 2. The van der Waals surface area contributed by atoms with E-state index in [0.717, 1.165) is 0 Å². The number of allylic oxidation sites excluding steroid dienone is 4. The number of alkyl halides is 2. The lowest BCUT2D eigenvalue weighted by Gasteiger charge is -2.61. The second-order valence-electron chi connectivity index (χ2n) is 13.1. The minimum absolute atomic E-state index is 0.0164. The standard InChI is InChI=1S/C28H34F2O7/c1-23(2)36-21-11-15-16-10-18(29)17-9-14(31)5-6-24(17,3)27(16,30)8-7-25(15,4)28(21,37-23)20(33)13-26(22(34)35)12-19(26)32/h5-6,9,15-16,18-19,21,32H,7-8,10-13H2,1-4H3,(H,34,35)/t15?,16?,18-,19?,21?,24-,25-,26?,27?,28+/m0/s1. The van der Waals surface area contributed by atoms with Crippen LogP contribution in [0.4, 0.5) is 8.78 Å². The Labute approximate surface area is 214 Å². The number of fused-ring (bicyclic) bond motifs is 7. The summed E-state index contributed by atoms with van der Waals surface area (Å²) in [7, 11) is 0. The molecule has 7 nitrogen and oxygen atoms in total. The molecule has 9 heteroatoms. The monoisotopic (exact) mass is 520 g/mol. The van der Waals surface area contributed by atoms with Crippen LogP contribution in [0.2, 0.25) is 0 Å². The van der Waals surface area contributed by atoms with Crippen LogP contribution in [0, 0.1) is 28.1 Å². The van der Waals surface area contributed by atoms with Crippen molar-refractivity contribution in [2.75, 3.05) is 0 Å². The Balaban J connectivity index is 1.42. The number of Topliss-reactive ketones (excluding diaryl/α,β-unsaturated/α-hetero) is 1. The fourth-order valence-electron chi connectivity index (χ4n) is 8.88. The second kappa shape index (κ2) is 7.16. The third kappa shape index (κ3) is 2.88. The summed E-state index contributed by atoms with van der Waals surface area (Å²) < 4.78 is 45.6. The molecule has 5 aliphatic carbocycles. The van der Waals surface area contributed by atoms with Gasteiger partial charge in [0.25, 0.3) is 0 Å². The van der Waals surface area contributed by atoms with Gasteiger partial charge in [-0.1, -0.05) is 13.0 Å². The zero-order chi connectivity index (χ0) is 27.0. The number of aliphatic carboxylic acids is 1. The number of rotatable bonds is 4. The van der Waals surface area contributed by atoms with Gasteiger partial charge in [-0.05, 0) is 76.5 Å². The van der Waals surface area contributed by atoms with Crippen molar-refractivity contribution in [3.05, 3.63) is 23.8 Å². The molecule has 2 N–H and O–H groups in total. The molecule has 0 aromatic rings. The number of carboxylic acids is 1. The number of ketones is 2. The van der Waals surface area contributed by atoms with E-state index in [2.05, 4.69) is 0 Å². The van der Waals surface area contributed by atoms with Crippen LogP contribution < -0.4 is 0 Å². The minimum atomic E-state index is -1.84. The molecule has 6 rings (SSSR count). The fourth-order valence-corrected chi connectivity index (χ4v) is 8.88. The molecule has 0 bridgehead atoms. The Morgan fingerprint density at radius 2 is 1.81 bits per heavy atom. The molecule has 0 aromatic carbocycles. The number of ether oxygens (including phenoxy) is 2. The third-order valence-corrected chi connectivity index (χ3v) is 11.0. The number of carbonyl (C=O) groups excluding carboxylic acids is 2. The van der Waals surface area contributed by atoms with E-state index in [1.165, 1.54) is 18.2 Å². The van der Waals surface area contributed by atoms with Crippen molar-refractivity contribution in [1.29, 1.82) is 0 Å². The lowest BCUT2D eigenvalue weighted by Crippen LogP contribution is -2.66.